The maximum Gasteiger partial charge on any atom is 0.289 e. The van der Waals surface area contributed by atoms with Crippen LogP contribution in [0.3, 0.4) is 0 Å². The van der Waals surface area contributed by atoms with Crippen LogP contribution in [0.25, 0.3) is 0 Å². The largest absolute Gasteiger partial charge is 0.289 e. The van der Waals surface area contributed by atoms with Gasteiger partial charge in [-0.25, -0.2) is 0 Å². The van der Waals surface area contributed by atoms with Crippen LogP contribution in [0.1, 0.15) is 45.2 Å². The van der Waals surface area contributed by atoms with Gasteiger partial charge in [-0.05, 0) is 104 Å². The minimum atomic E-state index is -3.40. The summed E-state index contributed by atoms with van der Waals surface area (Å²) in [6.45, 7) is 10.6. The van der Waals surface area contributed by atoms with Crippen LogP contribution in [0.15, 0.2) is 117 Å². The monoisotopic (exact) mass is 770 g/mol. The van der Waals surface area contributed by atoms with Crippen molar-refractivity contribution in [1.82, 2.24) is 0 Å². The van der Waals surface area contributed by atoms with Crippen LogP contribution in [0, 0.1) is 13.8 Å². The summed E-state index contributed by atoms with van der Waals surface area (Å²) in [7, 11) is 0. The molecular weight excluding hydrogens is 747 g/mol. The van der Waals surface area contributed by atoms with E-state index in [1.807, 2.05) is 26.0 Å². The number of halogens is 8. The number of alkyl halides is 4. The summed E-state index contributed by atoms with van der Waals surface area (Å²) in [5.74, 6) is -9.69. The zero-order valence-electron chi connectivity index (χ0n) is 23.1. The maximum absolute atomic E-state index is 16.0. The van der Waals surface area contributed by atoms with Crippen molar-refractivity contribution >= 4 is 66.8 Å². The lowest BCUT2D eigenvalue weighted by Gasteiger charge is -2.31. The number of allylic oxidation sites excluding steroid dienone is 2. The molecule has 2 unspecified atom stereocenters. The summed E-state index contributed by atoms with van der Waals surface area (Å²) in [6.07, 6.45) is 0. The number of hydrogen-bond donors (Lipinski definition) is 0. The van der Waals surface area contributed by atoms with Gasteiger partial charge in [-0.15, -0.1) is 0 Å². The molecule has 224 valence electrons. The normalized spacial score (nSPS) is 13.4. The van der Waals surface area contributed by atoms with E-state index in [-0.39, 0.29) is 0 Å². The van der Waals surface area contributed by atoms with E-state index in [0.717, 1.165) is 22.9 Å². The van der Waals surface area contributed by atoms with Gasteiger partial charge in [-0.2, -0.15) is 17.6 Å². The third-order valence-electron chi connectivity index (χ3n) is 7.03. The quantitative estimate of drug-likeness (QED) is 0.145. The van der Waals surface area contributed by atoms with Crippen LogP contribution in [-0.4, -0.2) is 11.8 Å². The molecule has 0 amide bonds. The Morgan fingerprint density at radius 3 is 1.26 bits per heavy atom. The first-order chi connectivity index (χ1) is 20.1. The van der Waals surface area contributed by atoms with Crippen LogP contribution in [0.5, 0.6) is 0 Å². The zero-order valence-corrected chi connectivity index (χ0v) is 28.6. The standard InChI is InChI=1S/C34H26Br2Cl2F4S/c1-19-5-15-29(27(17-19)31(33(39,40)21(3)35)23-7-11-25(37)12-8-23)43-30-16-6-20(2)18-28(30)32(34(41,42)22(4)36)24-9-13-26(38)14-10-24/h5-18,31-32H,3-4H2,1-2H3. The Kier molecular flexibility index (Phi) is 10.7. The van der Waals surface area contributed by atoms with Gasteiger partial charge in [0.05, 0.1) is 20.8 Å². The van der Waals surface area contributed by atoms with Crippen molar-refractivity contribution in [1.29, 1.82) is 0 Å². The fraction of sp³-hybridized carbons (Fsp3) is 0.176. The summed E-state index contributed by atoms with van der Waals surface area (Å²) in [4.78, 5) is 0.972. The fourth-order valence-corrected chi connectivity index (χ4v) is 6.69. The molecule has 4 aromatic carbocycles. The van der Waals surface area contributed by atoms with Crippen molar-refractivity contribution in [2.75, 3.05) is 0 Å². The fourth-order valence-electron chi connectivity index (χ4n) is 4.88. The first kappa shape index (κ1) is 33.9. The lowest BCUT2D eigenvalue weighted by Crippen LogP contribution is -2.28. The predicted octanol–water partition coefficient (Wildman–Crippen LogP) is 13.1. The molecule has 4 aromatic rings. The van der Waals surface area contributed by atoms with E-state index in [9.17, 15) is 0 Å². The highest BCUT2D eigenvalue weighted by atomic mass is 79.9. The molecule has 0 fully saturated rings. The Labute approximate surface area is 280 Å². The van der Waals surface area contributed by atoms with Crippen LogP contribution in [0.4, 0.5) is 17.6 Å². The molecular formula is C34H26Br2Cl2F4S. The minimum Gasteiger partial charge on any atom is -0.200 e. The topological polar surface area (TPSA) is 0 Å². The first-order valence-electron chi connectivity index (χ1n) is 13.0. The smallest absolute Gasteiger partial charge is 0.200 e. The first-order valence-corrected chi connectivity index (χ1v) is 16.1. The van der Waals surface area contributed by atoms with E-state index >= 15 is 17.6 Å². The highest BCUT2D eigenvalue weighted by Gasteiger charge is 2.46. The number of rotatable bonds is 10. The summed E-state index contributed by atoms with van der Waals surface area (Å²) < 4.78 is 63.0. The molecule has 43 heavy (non-hydrogen) atoms. The van der Waals surface area contributed by atoms with Gasteiger partial charge in [0, 0.05) is 19.8 Å². The van der Waals surface area contributed by atoms with Crippen molar-refractivity contribution in [3.63, 3.8) is 0 Å². The molecule has 0 bridgehead atoms. The van der Waals surface area contributed by atoms with Crippen LogP contribution >= 0.6 is 66.8 Å². The van der Waals surface area contributed by atoms with Gasteiger partial charge in [0.2, 0.25) is 0 Å². The van der Waals surface area contributed by atoms with Crippen LogP contribution in [-0.2, 0) is 0 Å². The number of hydrogen-bond acceptors (Lipinski definition) is 1. The van der Waals surface area contributed by atoms with Crippen molar-refractivity contribution in [2.24, 2.45) is 0 Å². The van der Waals surface area contributed by atoms with E-state index in [2.05, 4.69) is 45.0 Å². The van der Waals surface area contributed by atoms with E-state index in [1.54, 1.807) is 72.8 Å². The minimum absolute atomic E-state index is 0.323. The molecule has 0 saturated heterocycles. The van der Waals surface area contributed by atoms with Crippen LogP contribution in [0.2, 0.25) is 10.0 Å². The summed E-state index contributed by atoms with van der Waals surface area (Å²) >= 11 is 19.2. The third kappa shape index (κ3) is 7.45. The van der Waals surface area contributed by atoms with Gasteiger partial charge in [0.15, 0.2) is 0 Å². The van der Waals surface area contributed by atoms with Gasteiger partial charge in [0.25, 0.3) is 11.8 Å². The van der Waals surface area contributed by atoms with E-state index in [4.69, 9.17) is 23.2 Å². The number of aryl methyl sites for hydroxylation is 2. The highest BCUT2D eigenvalue weighted by Crippen LogP contribution is 2.52. The summed E-state index contributed by atoms with van der Waals surface area (Å²) in [5.41, 5.74) is 2.83. The Balaban J connectivity index is 1.95. The summed E-state index contributed by atoms with van der Waals surface area (Å²) in [6, 6.07) is 23.0. The van der Waals surface area contributed by atoms with Crippen molar-refractivity contribution in [2.45, 2.75) is 47.3 Å². The molecule has 9 heteroatoms. The second kappa shape index (κ2) is 13.5. The number of benzene rings is 4. The van der Waals surface area contributed by atoms with Gasteiger partial charge in [0.1, 0.15) is 0 Å². The molecule has 0 aliphatic heterocycles. The van der Waals surface area contributed by atoms with Gasteiger partial charge < -0.3 is 0 Å². The molecule has 0 N–H and O–H groups in total. The van der Waals surface area contributed by atoms with Crippen LogP contribution < -0.4 is 0 Å². The second-order valence-electron chi connectivity index (χ2n) is 10.2. The Hall–Kier alpha value is -2.03. The summed E-state index contributed by atoms with van der Waals surface area (Å²) in [5, 5.41) is 0.823. The van der Waals surface area contributed by atoms with E-state index < -0.39 is 32.6 Å². The van der Waals surface area contributed by atoms with Crippen molar-refractivity contribution < 1.29 is 17.6 Å². The highest BCUT2D eigenvalue weighted by molar-refractivity contribution is 9.12. The van der Waals surface area contributed by atoms with Crippen molar-refractivity contribution in [3.8, 4) is 0 Å². The molecule has 0 aliphatic rings. The average Bonchev–Trinajstić information content (AvgIpc) is 2.93. The van der Waals surface area contributed by atoms with Crippen molar-refractivity contribution in [3.05, 3.63) is 150 Å². The van der Waals surface area contributed by atoms with Gasteiger partial charge in [-0.3, -0.25) is 0 Å². The molecule has 2 atom stereocenters. The van der Waals surface area contributed by atoms with E-state index in [0.29, 0.717) is 42.1 Å². The maximum atomic E-state index is 16.0. The molecule has 0 heterocycles. The molecule has 0 aromatic heterocycles. The zero-order chi connectivity index (χ0) is 31.7. The Bertz CT molecular complexity index is 1530. The third-order valence-corrected chi connectivity index (χ3v) is 9.77. The lowest BCUT2D eigenvalue weighted by molar-refractivity contribution is 0.0329. The van der Waals surface area contributed by atoms with E-state index in [1.165, 1.54) is 0 Å². The Morgan fingerprint density at radius 2 is 0.953 bits per heavy atom. The second-order valence-corrected chi connectivity index (χ2v) is 14.1. The molecule has 0 nitrogen and oxygen atoms in total. The van der Waals surface area contributed by atoms with Gasteiger partial charge >= 0.3 is 0 Å². The molecule has 0 spiro atoms. The molecule has 0 aliphatic carbocycles. The lowest BCUT2D eigenvalue weighted by atomic mass is 9.85. The molecule has 0 radical (unpaired) electrons. The average molecular weight is 773 g/mol. The predicted molar refractivity (Wildman–Crippen MR) is 179 cm³/mol. The SMILES string of the molecule is C=C(Br)C(F)(F)C(c1ccc(Cl)cc1)c1cc(C)ccc1Sc1ccc(C)cc1C(c1ccc(Cl)cc1)C(F)(F)C(=C)Br. The molecule has 4 rings (SSSR count). The Morgan fingerprint density at radius 1 is 0.628 bits per heavy atom. The van der Waals surface area contributed by atoms with Gasteiger partial charge in [-0.1, -0.05) is 108 Å². The molecule has 0 saturated carbocycles.